The smallest absolute Gasteiger partial charge is 0.252 e. The number of rotatable bonds is 13. The molecule has 1 saturated carbocycles. The van der Waals surface area contributed by atoms with Gasteiger partial charge < -0.3 is 14.8 Å². The molecule has 1 spiro atoms. The highest BCUT2D eigenvalue weighted by Crippen LogP contribution is 2.63. The lowest BCUT2D eigenvalue weighted by atomic mass is 9.91. The van der Waals surface area contributed by atoms with Crippen molar-refractivity contribution in [1.29, 1.82) is 0 Å². The van der Waals surface area contributed by atoms with Crippen molar-refractivity contribution in [2.45, 2.75) is 96.4 Å². The summed E-state index contributed by atoms with van der Waals surface area (Å²) in [6, 6.07) is 20.8. The summed E-state index contributed by atoms with van der Waals surface area (Å²) >= 11 is 1.75. The van der Waals surface area contributed by atoms with E-state index in [2.05, 4.69) is 95.2 Å². The maximum atomic E-state index is 14.2. The molecule has 2 amide bonds. The molecule has 2 saturated heterocycles. The van der Waals surface area contributed by atoms with Crippen LogP contribution >= 0.6 is 11.3 Å². The van der Waals surface area contributed by atoms with Gasteiger partial charge >= 0.3 is 0 Å². The highest BCUT2D eigenvalue weighted by Gasteiger charge is 2.75. The zero-order valence-corrected chi connectivity index (χ0v) is 28.4. The second-order valence-electron chi connectivity index (χ2n) is 14.1. The van der Waals surface area contributed by atoms with E-state index in [9.17, 15) is 9.59 Å². The van der Waals surface area contributed by atoms with Gasteiger partial charge in [-0.15, -0.1) is 11.3 Å². The molecule has 7 nitrogen and oxygen atoms in total. The number of hydrogen-bond donors (Lipinski definition) is 1. The molecule has 2 unspecified atom stereocenters. The third-order valence-electron chi connectivity index (χ3n) is 10.9. The van der Waals surface area contributed by atoms with Gasteiger partial charge in [0.25, 0.3) is 5.91 Å². The molecule has 0 bridgehead atoms. The number of carbonyl (C=O) groups is 2. The zero-order chi connectivity index (χ0) is 32.0. The van der Waals surface area contributed by atoms with Crippen LogP contribution in [0.3, 0.4) is 0 Å². The van der Waals surface area contributed by atoms with Gasteiger partial charge in [-0.2, -0.15) is 0 Å². The first-order chi connectivity index (χ1) is 22.3. The molecule has 2 aromatic heterocycles. The second kappa shape index (κ2) is 12.6. The average molecular weight is 638 g/mol. The van der Waals surface area contributed by atoms with Crippen molar-refractivity contribution < 1.29 is 9.59 Å². The molecule has 1 N–H and O–H groups in total. The molecular weight excluding hydrogens is 591 g/mol. The summed E-state index contributed by atoms with van der Waals surface area (Å²) in [5.74, 6) is 1.91. The number of nitrogens with zero attached hydrogens (tertiary/aromatic N) is 4. The summed E-state index contributed by atoms with van der Waals surface area (Å²) in [7, 11) is 0. The van der Waals surface area contributed by atoms with Crippen LogP contribution in [0.4, 0.5) is 0 Å². The summed E-state index contributed by atoms with van der Waals surface area (Å²) in [5, 5.41) is 5.30. The summed E-state index contributed by atoms with van der Waals surface area (Å²) < 4.78 is 2.37. The van der Waals surface area contributed by atoms with Crippen LogP contribution < -0.4 is 5.32 Å². The van der Waals surface area contributed by atoms with Crippen molar-refractivity contribution in [2.75, 3.05) is 13.1 Å². The fourth-order valence-electron chi connectivity index (χ4n) is 8.23. The number of likely N-dealkylation sites (tertiary alicyclic amines) is 2. The van der Waals surface area contributed by atoms with E-state index in [-0.39, 0.29) is 23.4 Å². The van der Waals surface area contributed by atoms with E-state index in [0.29, 0.717) is 29.9 Å². The summed E-state index contributed by atoms with van der Waals surface area (Å²) in [4.78, 5) is 39.0. The van der Waals surface area contributed by atoms with Gasteiger partial charge in [-0.3, -0.25) is 14.5 Å². The molecular formula is C38H47N5O2S. The van der Waals surface area contributed by atoms with Gasteiger partial charge in [0.2, 0.25) is 5.91 Å². The Labute approximate surface area is 277 Å². The van der Waals surface area contributed by atoms with Crippen molar-refractivity contribution in [2.24, 2.45) is 11.8 Å². The second-order valence-corrected chi connectivity index (χ2v) is 15.1. The van der Waals surface area contributed by atoms with E-state index in [1.165, 1.54) is 16.9 Å². The third-order valence-corrected chi connectivity index (χ3v) is 11.7. The molecule has 0 radical (unpaired) electrons. The van der Waals surface area contributed by atoms with E-state index < -0.39 is 6.04 Å². The predicted molar refractivity (Wildman–Crippen MR) is 185 cm³/mol. The van der Waals surface area contributed by atoms with Crippen molar-refractivity contribution in [3.05, 3.63) is 87.9 Å². The van der Waals surface area contributed by atoms with Gasteiger partial charge in [0.15, 0.2) is 0 Å². The molecule has 2 aromatic carbocycles. The lowest BCUT2D eigenvalue weighted by Crippen LogP contribution is -2.67. The van der Waals surface area contributed by atoms with Crippen molar-refractivity contribution in [1.82, 2.24) is 24.7 Å². The first-order valence-corrected chi connectivity index (χ1v) is 18.1. The highest BCUT2D eigenvalue weighted by atomic mass is 32.1. The largest absolute Gasteiger partial charge is 0.340 e. The number of aromatic nitrogens is 2. The fraction of sp³-hybridized carbons (Fsp3) is 0.500. The number of hydrogen-bond acceptors (Lipinski definition) is 5. The molecule has 242 valence electrons. The number of carbonyl (C=O) groups excluding carboxylic acids is 2. The Balaban J connectivity index is 1.09. The normalized spacial score (nSPS) is 22.6. The molecule has 2 aliphatic heterocycles. The molecule has 4 atom stereocenters. The van der Waals surface area contributed by atoms with E-state index in [1.54, 1.807) is 11.3 Å². The number of benzene rings is 2. The minimum Gasteiger partial charge on any atom is -0.340 e. The Hall–Kier alpha value is -3.49. The average Bonchev–Trinajstić information content (AvgIpc) is 3.29. The van der Waals surface area contributed by atoms with Crippen LogP contribution in [0.15, 0.2) is 66.0 Å². The van der Waals surface area contributed by atoms with Crippen molar-refractivity contribution in [3.8, 4) is 0 Å². The number of amides is 2. The van der Waals surface area contributed by atoms with E-state index in [4.69, 9.17) is 4.98 Å². The summed E-state index contributed by atoms with van der Waals surface area (Å²) in [5.41, 5.74) is 3.93. The topological polar surface area (TPSA) is 70.5 Å². The molecule has 46 heavy (non-hydrogen) atoms. The Morgan fingerprint density at radius 1 is 1.02 bits per heavy atom. The SMILES string of the molecule is CCC(CC)n1c(Cc2cccs2)nc2cc(C(=O)NC(CCC(C)C)C(=O)N3C[C@H]4CC45[C@@H]3CN5Cc3ccccc3)ccc21. The Kier molecular flexibility index (Phi) is 8.53. The predicted octanol–water partition coefficient (Wildman–Crippen LogP) is 7.07. The van der Waals surface area contributed by atoms with Crippen LogP contribution in [-0.4, -0.2) is 61.9 Å². The number of fused-ring (bicyclic) bond motifs is 1. The molecule has 3 fully saturated rings. The number of thiophene rings is 1. The van der Waals surface area contributed by atoms with Crippen molar-refractivity contribution in [3.63, 3.8) is 0 Å². The first kappa shape index (κ1) is 31.1. The van der Waals surface area contributed by atoms with Crippen LogP contribution in [-0.2, 0) is 17.8 Å². The minimum atomic E-state index is -0.528. The molecule has 8 heteroatoms. The zero-order valence-electron chi connectivity index (χ0n) is 27.6. The fourth-order valence-corrected chi connectivity index (χ4v) is 8.93. The molecule has 7 rings (SSSR count). The van der Waals surface area contributed by atoms with E-state index in [0.717, 1.165) is 62.2 Å². The van der Waals surface area contributed by atoms with Gasteiger partial charge in [-0.25, -0.2) is 4.98 Å². The van der Waals surface area contributed by atoms with E-state index in [1.807, 2.05) is 18.2 Å². The Bertz CT molecular complexity index is 1690. The quantitative estimate of drug-likeness (QED) is 0.170. The molecule has 1 aliphatic carbocycles. The minimum absolute atomic E-state index is 0.0854. The van der Waals surface area contributed by atoms with Crippen LogP contribution in [0.2, 0.25) is 0 Å². The third kappa shape index (κ3) is 5.57. The number of piperidine rings is 1. The van der Waals surface area contributed by atoms with Crippen LogP contribution in [0.1, 0.15) is 92.5 Å². The van der Waals surface area contributed by atoms with Gasteiger partial charge in [-0.1, -0.05) is 64.1 Å². The van der Waals surface area contributed by atoms with Gasteiger partial charge in [0, 0.05) is 48.1 Å². The summed E-state index contributed by atoms with van der Waals surface area (Å²) in [6.07, 6.45) is 5.52. The number of nitrogens with one attached hydrogen (secondary N) is 1. The van der Waals surface area contributed by atoms with E-state index >= 15 is 0 Å². The molecule has 4 heterocycles. The number of imidazole rings is 1. The summed E-state index contributed by atoms with van der Waals surface area (Å²) in [6.45, 7) is 11.4. The monoisotopic (exact) mass is 637 g/mol. The lowest BCUT2D eigenvalue weighted by molar-refractivity contribution is -0.140. The standard InChI is InChI=1S/C38H47N5O2S/c1-5-29(6-2)43-33-17-15-27(19-32(33)39-35(43)20-30-13-10-18-46-30)36(44)40-31(16-14-25(3)4)37(45)42-23-28-21-38(28)34(42)24-41(38)22-26-11-8-7-9-12-26/h7-13,15,17-19,25,28-29,31,34H,5-6,14,16,20-24H2,1-4H3,(H,40,44)/t28-,31?,34+,38?/m1/s1. The maximum absolute atomic E-state index is 14.2. The highest BCUT2D eigenvalue weighted by molar-refractivity contribution is 7.09. The Morgan fingerprint density at radius 3 is 2.54 bits per heavy atom. The van der Waals surface area contributed by atoms with Crippen LogP contribution in [0.5, 0.6) is 0 Å². The maximum Gasteiger partial charge on any atom is 0.252 e. The van der Waals surface area contributed by atoms with Crippen molar-refractivity contribution >= 4 is 34.2 Å². The molecule has 3 aliphatic rings. The van der Waals surface area contributed by atoms with Crippen LogP contribution in [0.25, 0.3) is 11.0 Å². The molecule has 4 aromatic rings. The first-order valence-electron chi connectivity index (χ1n) is 17.3. The van der Waals surface area contributed by atoms with Gasteiger partial charge in [-0.05, 0) is 79.1 Å². The van der Waals surface area contributed by atoms with Crippen LogP contribution in [0, 0.1) is 11.8 Å². The Morgan fingerprint density at radius 2 is 1.83 bits per heavy atom. The van der Waals surface area contributed by atoms with Gasteiger partial charge in [0.1, 0.15) is 11.9 Å². The van der Waals surface area contributed by atoms with Gasteiger partial charge in [0.05, 0.1) is 17.1 Å². The lowest BCUT2D eigenvalue weighted by Gasteiger charge is -2.51.